The fourth-order valence-electron chi connectivity index (χ4n) is 1.38. The minimum absolute atomic E-state index is 0.116. The molecular weight excluding hydrogens is 327 g/mol. The van der Waals surface area contributed by atoms with Crippen molar-refractivity contribution in [3.8, 4) is 11.3 Å². The fourth-order valence-corrected chi connectivity index (χ4v) is 2.04. The van der Waals surface area contributed by atoms with Crippen molar-refractivity contribution >= 4 is 44.9 Å². The molecule has 5 heteroatoms. The van der Waals surface area contributed by atoms with Crippen LogP contribution in [0.25, 0.3) is 11.3 Å². The topological polar surface area (TPSA) is 30.2 Å². The standard InChI is InChI=1S/C12H7BrCl2O2/c13-6-10(16)12-4-3-11(17-12)8-5-7(14)1-2-9(8)15/h1-5H,6H2. The summed E-state index contributed by atoms with van der Waals surface area (Å²) in [5.41, 5.74) is 0.674. The summed E-state index contributed by atoms with van der Waals surface area (Å²) in [6, 6.07) is 8.41. The van der Waals surface area contributed by atoms with Gasteiger partial charge in [0.1, 0.15) is 5.76 Å². The van der Waals surface area contributed by atoms with Crippen molar-refractivity contribution < 1.29 is 9.21 Å². The van der Waals surface area contributed by atoms with Crippen LogP contribution in [0.5, 0.6) is 0 Å². The van der Waals surface area contributed by atoms with Gasteiger partial charge in [-0.05, 0) is 30.3 Å². The van der Waals surface area contributed by atoms with E-state index in [-0.39, 0.29) is 11.1 Å². The van der Waals surface area contributed by atoms with Crippen LogP contribution in [-0.2, 0) is 0 Å². The Labute approximate surface area is 117 Å². The van der Waals surface area contributed by atoms with Gasteiger partial charge >= 0.3 is 0 Å². The molecule has 2 rings (SSSR count). The molecule has 0 radical (unpaired) electrons. The molecule has 0 unspecified atom stereocenters. The highest BCUT2D eigenvalue weighted by Crippen LogP contribution is 2.31. The van der Waals surface area contributed by atoms with Gasteiger partial charge in [0.15, 0.2) is 5.76 Å². The predicted molar refractivity (Wildman–Crippen MR) is 72.3 cm³/mol. The zero-order valence-corrected chi connectivity index (χ0v) is 11.6. The highest BCUT2D eigenvalue weighted by atomic mass is 79.9. The second-order valence-electron chi connectivity index (χ2n) is 3.34. The molecule has 0 amide bonds. The lowest BCUT2D eigenvalue weighted by Crippen LogP contribution is -1.96. The summed E-state index contributed by atoms with van der Waals surface area (Å²) in [5.74, 6) is 0.712. The number of rotatable bonds is 3. The largest absolute Gasteiger partial charge is 0.453 e. The number of carbonyl (C=O) groups is 1. The maximum absolute atomic E-state index is 11.4. The van der Waals surface area contributed by atoms with Crippen molar-refractivity contribution in [3.63, 3.8) is 0 Å². The molecule has 0 spiro atoms. The number of halogens is 3. The van der Waals surface area contributed by atoms with Crippen molar-refractivity contribution in [2.75, 3.05) is 5.33 Å². The predicted octanol–water partition coefficient (Wildman–Crippen LogP) is 4.83. The molecule has 0 aliphatic carbocycles. The average molecular weight is 334 g/mol. The van der Waals surface area contributed by atoms with Gasteiger partial charge in [-0.3, -0.25) is 4.79 Å². The first-order valence-corrected chi connectivity index (χ1v) is 6.64. The van der Waals surface area contributed by atoms with Crippen LogP contribution in [0.15, 0.2) is 34.7 Å². The van der Waals surface area contributed by atoms with Gasteiger partial charge in [-0.15, -0.1) is 0 Å². The summed E-state index contributed by atoms with van der Waals surface area (Å²) >= 11 is 15.0. The Morgan fingerprint density at radius 1 is 1.24 bits per heavy atom. The molecule has 0 bridgehead atoms. The van der Waals surface area contributed by atoms with Gasteiger partial charge in [0.25, 0.3) is 0 Å². The van der Waals surface area contributed by atoms with E-state index < -0.39 is 0 Å². The zero-order valence-electron chi connectivity index (χ0n) is 8.54. The van der Waals surface area contributed by atoms with Crippen molar-refractivity contribution in [2.24, 2.45) is 0 Å². The number of hydrogen-bond donors (Lipinski definition) is 0. The Kier molecular flexibility index (Phi) is 3.92. The Bertz CT molecular complexity index is 563. The van der Waals surface area contributed by atoms with Crippen molar-refractivity contribution in [3.05, 3.63) is 46.1 Å². The Morgan fingerprint density at radius 3 is 2.71 bits per heavy atom. The molecule has 0 aliphatic rings. The molecule has 88 valence electrons. The number of ketones is 1. The Morgan fingerprint density at radius 2 is 2.00 bits per heavy atom. The van der Waals surface area contributed by atoms with Crippen LogP contribution >= 0.6 is 39.1 Å². The highest BCUT2D eigenvalue weighted by Gasteiger charge is 2.13. The lowest BCUT2D eigenvalue weighted by molar-refractivity contribution is 0.0994. The number of hydrogen-bond acceptors (Lipinski definition) is 2. The molecule has 0 aliphatic heterocycles. The van der Waals surface area contributed by atoms with E-state index in [9.17, 15) is 4.79 Å². The van der Waals surface area contributed by atoms with Crippen molar-refractivity contribution in [1.29, 1.82) is 0 Å². The van der Waals surface area contributed by atoms with E-state index in [0.29, 0.717) is 27.1 Å². The van der Waals surface area contributed by atoms with E-state index in [1.165, 1.54) is 0 Å². The average Bonchev–Trinajstić information content (AvgIpc) is 2.80. The maximum Gasteiger partial charge on any atom is 0.208 e. The lowest BCUT2D eigenvalue weighted by Gasteiger charge is -2.01. The molecule has 2 aromatic rings. The second kappa shape index (κ2) is 5.25. The molecule has 17 heavy (non-hydrogen) atoms. The maximum atomic E-state index is 11.4. The lowest BCUT2D eigenvalue weighted by atomic mass is 10.2. The number of Topliss-reactive ketones (excluding diaryl/α,β-unsaturated/α-hetero) is 1. The van der Waals surface area contributed by atoms with E-state index >= 15 is 0 Å². The molecule has 1 aromatic heterocycles. The molecule has 1 aromatic carbocycles. The molecule has 1 heterocycles. The quantitative estimate of drug-likeness (QED) is 0.594. The first-order chi connectivity index (χ1) is 8.11. The van der Waals surface area contributed by atoms with E-state index in [2.05, 4.69) is 15.9 Å². The third-order valence-electron chi connectivity index (χ3n) is 2.20. The summed E-state index contributed by atoms with van der Waals surface area (Å²) < 4.78 is 5.44. The normalized spacial score (nSPS) is 10.5. The SMILES string of the molecule is O=C(CBr)c1ccc(-c2cc(Cl)ccc2Cl)o1. The van der Waals surface area contributed by atoms with Crippen LogP contribution in [0.1, 0.15) is 10.6 Å². The molecule has 0 fully saturated rings. The van der Waals surface area contributed by atoms with Gasteiger partial charge in [-0.25, -0.2) is 0 Å². The van der Waals surface area contributed by atoms with Crippen LogP contribution in [0, 0.1) is 0 Å². The van der Waals surface area contributed by atoms with Crippen molar-refractivity contribution in [2.45, 2.75) is 0 Å². The molecule has 0 saturated heterocycles. The smallest absolute Gasteiger partial charge is 0.208 e. The number of benzene rings is 1. The number of furan rings is 1. The van der Waals surface area contributed by atoms with Gasteiger partial charge in [-0.2, -0.15) is 0 Å². The van der Waals surface area contributed by atoms with Gasteiger partial charge in [-0.1, -0.05) is 39.1 Å². The van der Waals surface area contributed by atoms with E-state index in [1.54, 1.807) is 30.3 Å². The van der Waals surface area contributed by atoms with Crippen LogP contribution in [-0.4, -0.2) is 11.1 Å². The monoisotopic (exact) mass is 332 g/mol. The summed E-state index contributed by atoms with van der Waals surface area (Å²) in [7, 11) is 0. The minimum atomic E-state index is -0.116. The summed E-state index contributed by atoms with van der Waals surface area (Å²) in [6.07, 6.45) is 0. The van der Waals surface area contributed by atoms with Crippen LogP contribution in [0.2, 0.25) is 10.0 Å². The molecule has 0 atom stereocenters. The summed E-state index contributed by atoms with van der Waals surface area (Å²) in [4.78, 5) is 11.4. The van der Waals surface area contributed by atoms with Crippen LogP contribution in [0.3, 0.4) is 0 Å². The van der Waals surface area contributed by atoms with Crippen LogP contribution < -0.4 is 0 Å². The van der Waals surface area contributed by atoms with Crippen molar-refractivity contribution in [1.82, 2.24) is 0 Å². The van der Waals surface area contributed by atoms with E-state index in [0.717, 1.165) is 0 Å². The Balaban J connectivity index is 2.43. The van der Waals surface area contributed by atoms with Gasteiger partial charge in [0.2, 0.25) is 5.78 Å². The number of carbonyl (C=O) groups excluding carboxylic acids is 1. The molecule has 0 saturated carbocycles. The first kappa shape index (κ1) is 12.7. The first-order valence-electron chi connectivity index (χ1n) is 4.76. The van der Waals surface area contributed by atoms with E-state index in [4.69, 9.17) is 27.6 Å². The van der Waals surface area contributed by atoms with Gasteiger partial charge in [0.05, 0.1) is 10.4 Å². The highest BCUT2D eigenvalue weighted by molar-refractivity contribution is 9.09. The summed E-state index contributed by atoms with van der Waals surface area (Å²) in [6.45, 7) is 0. The van der Waals surface area contributed by atoms with Crippen LogP contribution in [0.4, 0.5) is 0 Å². The minimum Gasteiger partial charge on any atom is -0.453 e. The third-order valence-corrected chi connectivity index (χ3v) is 3.27. The number of alkyl halides is 1. The van der Waals surface area contributed by atoms with E-state index in [1.807, 2.05) is 0 Å². The Hall–Kier alpha value is -0.770. The van der Waals surface area contributed by atoms with Gasteiger partial charge < -0.3 is 4.42 Å². The van der Waals surface area contributed by atoms with Gasteiger partial charge in [0, 0.05) is 10.6 Å². The fraction of sp³-hybridized carbons (Fsp3) is 0.0833. The molecule has 2 nitrogen and oxygen atoms in total. The molecular formula is C12H7BrCl2O2. The molecule has 0 N–H and O–H groups in total. The second-order valence-corrected chi connectivity index (χ2v) is 4.75. The summed E-state index contributed by atoms with van der Waals surface area (Å²) in [5, 5.41) is 1.32. The third kappa shape index (κ3) is 2.73. The zero-order chi connectivity index (χ0) is 12.4.